The van der Waals surface area contributed by atoms with Gasteiger partial charge in [-0.3, -0.25) is 0 Å². The first-order valence-corrected chi connectivity index (χ1v) is 20.1. The smallest absolute Gasteiger partial charge is 0.164 e. The van der Waals surface area contributed by atoms with Crippen LogP contribution in [0.3, 0.4) is 0 Å². The Kier molecular flexibility index (Phi) is 7.16. The van der Waals surface area contributed by atoms with E-state index in [-0.39, 0.29) is 12.0 Å². The van der Waals surface area contributed by atoms with Crippen LogP contribution in [0, 0.1) is 0 Å². The zero-order chi connectivity index (χ0) is 37.5. The predicted molar refractivity (Wildman–Crippen MR) is 235 cm³/mol. The van der Waals surface area contributed by atoms with Crippen molar-refractivity contribution in [1.29, 1.82) is 0 Å². The van der Waals surface area contributed by atoms with Crippen LogP contribution in [0.15, 0.2) is 186 Å². The minimum Gasteiger partial charge on any atom is -0.456 e. The van der Waals surface area contributed by atoms with Gasteiger partial charge in [-0.05, 0) is 83.4 Å². The summed E-state index contributed by atoms with van der Waals surface area (Å²) in [7, 11) is 0. The van der Waals surface area contributed by atoms with Crippen molar-refractivity contribution in [2.75, 3.05) is 4.90 Å². The molecule has 0 saturated carbocycles. The number of hydrogen-bond donors (Lipinski definition) is 0. The summed E-state index contributed by atoms with van der Waals surface area (Å²) in [5.74, 6) is 2.08. The van der Waals surface area contributed by atoms with Crippen LogP contribution in [0.25, 0.3) is 87.4 Å². The molecule has 268 valence electrons. The Labute approximate surface area is 332 Å². The monoisotopic (exact) mass is 748 g/mol. The molecule has 0 radical (unpaired) electrons. The summed E-state index contributed by atoms with van der Waals surface area (Å²) in [5.41, 5.74) is 10.4. The lowest BCUT2D eigenvalue weighted by Gasteiger charge is -2.28. The average molecular weight is 749 g/mol. The second-order valence-corrected chi connectivity index (χ2v) is 15.8. The van der Waals surface area contributed by atoms with E-state index in [2.05, 4.69) is 157 Å². The van der Waals surface area contributed by atoms with Crippen molar-refractivity contribution in [2.24, 2.45) is 0 Å². The molecule has 0 saturated heterocycles. The summed E-state index contributed by atoms with van der Waals surface area (Å²) in [5, 5.41) is 4.74. The van der Waals surface area contributed by atoms with Crippen LogP contribution in [0.2, 0.25) is 0 Å². The predicted octanol–water partition coefficient (Wildman–Crippen LogP) is 13.5. The number of nitrogens with zero attached hydrogens (tertiary/aromatic N) is 4. The number of thiophene rings is 1. The highest BCUT2D eigenvalue weighted by Crippen LogP contribution is 2.49. The van der Waals surface area contributed by atoms with Gasteiger partial charge < -0.3 is 9.32 Å². The number of allylic oxidation sites excluding steroid dienone is 2. The quantitative estimate of drug-likeness (QED) is 0.175. The summed E-state index contributed by atoms with van der Waals surface area (Å²) in [6.45, 7) is 0. The van der Waals surface area contributed by atoms with Crippen molar-refractivity contribution in [2.45, 2.75) is 12.0 Å². The summed E-state index contributed by atoms with van der Waals surface area (Å²) in [6, 6.07) is 55.8. The SMILES string of the molecule is C1=CC2c3cc(-c4nc(-c5ccccc5)nc(-c5ccc6c(c5)oc5ccc(-c7cccc8sc9ccccc9c78)cc56)n4)ccc3N(c3ccccc3)C2C=C1. The second kappa shape index (κ2) is 12.7. The van der Waals surface area contributed by atoms with Gasteiger partial charge in [0.15, 0.2) is 17.5 Å². The highest BCUT2D eigenvalue weighted by molar-refractivity contribution is 7.25. The summed E-state index contributed by atoms with van der Waals surface area (Å²) in [4.78, 5) is 17.7. The molecule has 7 aromatic carbocycles. The number of anilines is 2. The van der Waals surface area contributed by atoms with Gasteiger partial charge in [-0.25, -0.2) is 15.0 Å². The molecule has 2 unspecified atom stereocenters. The van der Waals surface area contributed by atoms with Gasteiger partial charge >= 0.3 is 0 Å². The Hall–Kier alpha value is -7.15. The molecule has 3 aromatic heterocycles. The maximum absolute atomic E-state index is 6.54. The molecule has 0 amide bonds. The van der Waals surface area contributed by atoms with E-state index in [1.165, 1.54) is 48.2 Å². The van der Waals surface area contributed by atoms with Crippen molar-refractivity contribution >= 4 is 64.8 Å². The summed E-state index contributed by atoms with van der Waals surface area (Å²) in [6.07, 6.45) is 8.91. The van der Waals surface area contributed by atoms with Crippen LogP contribution in [-0.4, -0.2) is 21.0 Å². The fourth-order valence-corrected chi connectivity index (χ4v) is 9.95. The highest BCUT2D eigenvalue weighted by atomic mass is 32.1. The molecule has 10 aromatic rings. The van der Waals surface area contributed by atoms with E-state index in [9.17, 15) is 0 Å². The Morgan fingerprint density at radius 1 is 0.491 bits per heavy atom. The molecule has 5 nitrogen and oxygen atoms in total. The number of rotatable bonds is 5. The van der Waals surface area contributed by atoms with Gasteiger partial charge in [-0.2, -0.15) is 0 Å². The highest BCUT2D eigenvalue weighted by Gasteiger charge is 2.37. The third kappa shape index (κ3) is 5.18. The van der Waals surface area contributed by atoms with E-state index < -0.39 is 0 Å². The second-order valence-electron chi connectivity index (χ2n) is 14.7. The first kappa shape index (κ1) is 32.1. The van der Waals surface area contributed by atoms with Gasteiger partial charge in [-0.15, -0.1) is 11.3 Å². The largest absolute Gasteiger partial charge is 0.456 e. The van der Waals surface area contributed by atoms with Gasteiger partial charge in [0.05, 0.1) is 6.04 Å². The molecule has 6 heteroatoms. The van der Waals surface area contributed by atoms with Crippen molar-refractivity contribution in [3.8, 4) is 45.3 Å². The van der Waals surface area contributed by atoms with Crippen LogP contribution in [-0.2, 0) is 0 Å². The third-order valence-electron chi connectivity index (χ3n) is 11.5. The molecular formula is C51H32N4OS. The zero-order valence-electron chi connectivity index (χ0n) is 30.6. The normalized spacial score (nSPS) is 15.9. The maximum atomic E-state index is 6.54. The van der Waals surface area contributed by atoms with Gasteiger partial charge in [0.1, 0.15) is 11.2 Å². The molecule has 57 heavy (non-hydrogen) atoms. The molecule has 2 aliphatic rings. The number of furan rings is 1. The Bertz CT molecular complexity index is 3270. The molecular weight excluding hydrogens is 717 g/mol. The molecule has 2 atom stereocenters. The van der Waals surface area contributed by atoms with Crippen LogP contribution >= 0.6 is 11.3 Å². The van der Waals surface area contributed by atoms with Crippen LogP contribution in [0.5, 0.6) is 0 Å². The van der Waals surface area contributed by atoms with Crippen LogP contribution < -0.4 is 4.90 Å². The fraction of sp³-hybridized carbons (Fsp3) is 0.0392. The molecule has 4 heterocycles. The Morgan fingerprint density at radius 2 is 1.19 bits per heavy atom. The lowest BCUT2D eigenvalue weighted by atomic mass is 9.90. The topological polar surface area (TPSA) is 55.1 Å². The number of benzene rings is 7. The standard InChI is InChI=1S/C51H32N4OS/c1-3-12-31(13-4-1)49-52-50(33-23-26-43-40(29-33)37-16-7-9-19-42(37)55(43)35-14-5-2-6-15-35)54-51(53-49)34-22-25-38-41-28-32(24-27-44(41)56-45(38)30-34)36-18-11-21-47-48(36)39-17-8-10-20-46(39)57-47/h1-30,37,42H. The number of para-hydroxylation sites is 1. The first-order valence-electron chi connectivity index (χ1n) is 19.3. The number of hydrogen-bond acceptors (Lipinski definition) is 6. The van der Waals surface area contributed by atoms with Gasteiger partial charge in [0, 0.05) is 64.9 Å². The van der Waals surface area contributed by atoms with Crippen LogP contribution in [0.4, 0.5) is 11.4 Å². The van der Waals surface area contributed by atoms with E-state index in [0.717, 1.165) is 38.6 Å². The molecule has 12 rings (SSSR count). The first-order chi connectivity index (χ1) is 28.2. The Balaban J connectivity index is 0.971. The van der Waals surface area contributed by atoms with Gasteiger partial charge in [0.2, 0.25) is 0 Å². The summed E-state index contributed by atoms with van der Waals surface area (Å²) < 4.78 is 9.14. The molecule has 0 N–H and O–H groups in total. The van der Waals surface area contributed by atoms with Crippen molar-refractivity contribution in [3.05, 3.63) is 188 Å². The van der Waals surface area contributed by atoms with E-state index in [1.54, 1.807) is 0 Å². The van der Waals surface area contributed by atoms with Gasteiger partial charge in [0.25, 0.3) is 0 Å². The molecule has 0 spiro atoms. The van der Waals surface area contributed by atoms with Crippen molar-refractivity contribution in [1.82, 2.24) is 15.0 Å². The minimum atomic E-state index is 0.201. The van der Waals surface area contributed by atoms with E-state index in [1.807, 2.05) is 41.7 Å². The molecule has 0 bridgehead atoms. The lowest BCUT2D eigenvalue weighted by Crippen LogP contribution is -2.28. The number of fused-ring (bicyclic) bond motifs is 9. The minimum absolute atomic E-state index is 0.201. The molecule has 0 fully saturated rings. The van der Waals surface area contributed by atoms with E-state index in [0.29, 0.717) is 17.5 Å². The van der Waals surface area contributed by atoms with Gasteiger partial charge in [-0.1, -0.05) is 115 Å². The fourth-order valence-electron chi connectivity index (χ4n) is 8.82. The zero-order valence-corrected chi connectivity index (χ0v) is 31.4. The molecule has 1 aliphatic heterocycles. The average Bonchev–Trinajstić information content (AvgIpc) is 3.95. The van der Waals surface area contributed by atoms with E-state index in [4.69, 9.17) is 19.4 Å². The third-order valence-corrected chi connectivity index (χ3v) is 12.6. The maximum Gasteiger partial charge on any atom is 0.164 e. The summed E-state index contributed by atoms with van der Waals surface area (Å²) >= 11 is 1.84. The van der Waals surface area contributed by atoms with Crippen molar-refractivity contribution < 1.29 is 4.42 Å². The van der Waals surface area contributed by atoms with Crippen molar-refractivity contribution in [3.63, 3.8) is 0 Å². The van der Waals surface area contributed by atoms with Crippen LogP contribution in [0.1, 0.15) is 11.5 Å². The Morgan fingerprint density at radius 3 is 2.05 bits per heavy atom. The number of aromatic nitrogens is 3. The molecule has 1 aliphatic carbocycles. The lowest BCUT2D eigenvalue weighted by molar-refractivity contribution is 0.669. The van der Waals surface area contributed by atoms with E-state index >= 15 is 0 Å².